The second-order valence-corrected chi connectivity index (χ2v) is 5.28. The van der Waals surface area contributed by atoms with Crippen molar-refractivity contribution in [1.29, 1.82) is 0 Å². The van der Waals surface area contributed by atoms with Gasteiger partial charge in [-0.2, -0.15) is 0 Å². The first-order valence-electron chi connectivity index (χ1n) is 8.26. The van der Waals surface area contributed by atoms with Crippen LogP contribution >= 0.6 is 0 Å². The van der Waals surface area contributed by atoms with Crippen LogP contribution in [0.2, 0.25) is 0 Å². The average Bonchev–Trinajstić information content (AvgIpc) is 2.63. The lowest BCUT2D eigenvalue weighted by Gasteiger charge is -2.16. The zero-order valence-corrected chi connectivity index (χ0v) is 15.0. The Kier molecular flexibility index (Phi) is 9.04. The Hall–Kier alpha value is -2.50. The minimum Gasteiger partial charge on any atom is -0.489 e. The number of benzene rings is 2. The normalized spacial score (nSPS) is 9.62. The van der Waals surface area contributed by atoms with Gasteiger partial charge in [-0.1, -0.05) is 68.8 Å². The van der Waals surface area contributed by atoms with Gasteiger partial charge in [-0.05, 0) is 35.9 Å². The molecule has 0 spiro atoms. The lowest BCUT2D eigenvalue weighted by molar-refractivity contribution is 0.306. The molecule has 0 amide bonds. The first-order valence-corrected chi connectivity index (χ1v) is 8.26. The van der Waals surface area contributed by atoms with Gasteiger partial charge in [0, 0.05) is 6.54 Å². The molecule has 0 aromatic heterocycles. The van der Waals surface area contributed by atoms with Crippen LogP contribution in [-0.4, -0.2) is 25.0 Å². The number of ether oxygens (including phenoxy) is 1. The number of hydrogen-bond donors (Lipinski definition) is 0. The summed E-state index contributed by atoms with van der Waals surface area (Å²) in [5.41, 5.74) is 3.26. The van der Waals surface area contributed by atoms with Gasteiger partial charge in [0.1, 0.15) is 12.4 Å². The molecule has 2 heteroatoms. The van der Waals surface area contributed by atoms with Crippen LogP contribution in [0.3, 0.4) is 0 Å². The molecule has 0 N–H and O–H groups in total. The minimum atomic E-state index is 0.563. The second kappa shape index (κ2) is 11.1. The number of nitrogens with zero attached hydrogens (tertiary/aromatic N) is 1. The molecule has 0 aliphatic carbocycles. The van der Waals surface area contributed by atoms with Crippen LogP contribution in [-0.2, 0) is 6.61 Å². The van der Waals surface area contributed by atoms with Crippen molar-refractivity contribution in [2.75, 3.05) is 20.1 Å². The van der Waals surface area contributed by atoms with Gasteiger partial charge >= 0.3 is 0 Å². The highest BCUT2D eigenvalue weighted by Crippen LogP contribution is 2.20. The standard InChI is InChI=1S/C20H21NO.C2H6/c1-4-13-21(3)15-17(2)19-11-8-12-20(14-19)22-16-18-9-6-5-7-10-18;1-2/h1,5-12,14H,2,13,15-16H2,3H3;1-2H3. The molecule has 0 saturated heterocycles. The monoisotopic (exact) mass is 321 g/mol. The predicted molar refractivity (Wildman–Crippen MR) is 104 cm³/mol. The highest BCUT2D eigenvalue weighted by molar-refractivity contribution is 5.65. The third-order valence-corrected chi connectivity index (χ3v) is 3.31. The summed E-state index contributed by atoms with van der Waals surface area (Å²) in [5, 5.41) is 0. The molecule has 0 unspecified atom stereocenters. The molecule has 2 rings (SSSR count). The molecule has 0 atom stereocenters. The van der Waals surface area contributed by atoms with Gasteiger partial charge in [0.05, 0.1) is 6.54 Å². The van der Waals surface area contributed by atoms with Crippen LogP contribution < -0.4 is 4.74 Å². The van der Waals surface area contributed by atoms with Crippen LogP contribution in [0, 0.1) is 12.3 Å². The molecule has 126 valence electrons. The SMILES string of the molecule is C#CCN(C)CC(=C)c1cccc(OCc2ccccc2)c1.CC. The average molecular weight is 321 g/mol. The van der Waals surface area contributed by atoms with Gasteiger partial charge in [0.2, 0.25) is 0 Å². The van der Waals surface area contributed by atoms with E-state index in [4.69, 9.17) is 11.2 Å². The van der Waals surface area contributed by atoms with E-state index in [1.54, 1.807) is 0 Å². The Bertz CT molecular complexity index is 655. The molecule has 0 saturated carbocycles. The Balaban J connectivity index is 0.00000139. The zero-order chi connectivity index (χ0) is 17.8. The van der Waals surface area contributed by atoms with Crippen molar-refractivity contribution in [3.8, 4) is 18.1 Å². The van der Waals surface area contributed by atoms with Crippen molar-refractivity contribution in [2.45, 2.75) is 20.5 Å². The van der Waals surface area contributed by atoms with Gasteiger partial charge in [0.25, 0.3) is 0 Å². The van der Waals surface area contributed by atoms with E-state index in [2.05, 4.69) is 29.5 Å². The molecule has 2 aromatic carbocycles. The fraction of sp³-hybridized carbons (Fsp3) is 0.273. The summed E-state index contributed by atoms with van der Waals surface area (Å²) >= 11 is 0. The van der Waals surface area contributed by atoms with Crippen molar-refractivity contribution in [2.24, 2.45) is 0 Å². The van der Waals surface area contributed by atoms with Crippen LogP contribution in [0.15, 0.2) is 61.2 Å². The molecular weight excluding hydrogens is 294 g/mol. The molecule has 0 aliphatic heterocycles. The maximum absolute atomic E-state index is 5.85. The van der Waals surface area contributed by atoms with Crippen molar-refractivity contribution >= 4 is 5.57 Å². The summed E-state index contributed by atoms with van der Waals surface area (Å²) < 4.78 is 5.85. The highest BCUT2D eigenvalue weighted by atomic mass is 16.5. The summed E-state index contributed by atoms with van der Waals surface area (Å²) in [4.78, 5) is 2.06. The quantitative estimate of drug-likeness (QED) is 0.675. The Morgan fingerprint density at radius 2 is 1.83 bits per heavy atom. The van der Waals surface area contributed by atoms with Crippen molar-refractivity contribution in [1.82, 2.24) is 4.90 Å². The Morgan fingerprint density at radius 3 is 2.50 bits per heavy atom. The predicted octanol–water partition coefficient (Wildman–Crippen LogP) is 4.87. The molecule has 2 nitrogen and oxygen atoms in total. The number of terminal acetylenes is 1. The summed E-state index contributed by atoms with van der Waals surface area (Å²) in [7, 11) is 1.99. The fourth-order valence-electron chi connectivity index (χ4n) is 2.18. The lowest BCUT2D eigenvalue weighted by atomic mass is 10.1. The maximum Gasteiger partial charge on any atom is 0.120 e. The van der Waals surface area contributed by atoms with Crippen LogP contribution in [0.25, 0.3) is 5.57 Å². The number of hydrogen-bond acceptors (Lipinski definition) is 2. The van der Waals surface area contributed by atoms with Gasteiger partial charge < -0.3 is 4.74 Å². The summed E-state index contributed by atoms with van der Waals surface area (Å²) in [6.07, 6.45) is 5.32. The van der Waals surface area contributed by atoms with E-state index >= 15 is 0 Å². The highest BCUT2D eigenvalue weighted by Gasteiger charge is 2.04. The second-order valence-electron chi connectivity index (χ2n) is 5.28. The molecule has 0 heterocycles. The van der Waals surface area contributed by atoms with Crippen LogP contribution in [0.1, 0.15) is 25.0 Å². The topological polar surface area (TPSA) is 12.5 Å². The van der Waals surface area contributed by atoms with E-state index < -0.39 is 0 Å². The Morgan fingerprint density at radius 1 is 1.12 bits per heavy atom. The van der Waals surface area contributed by atoms with E-state index in [-0.39, 0.29) is 0 Å². The van der Waals surface area contributed by atoms with E-state index in [1.807, 2.05) is 63.4 Å². The molecule has 0 bridgehead atoms. The number of likely N-dealkylation sites (N-methyl/N-ethyl adjacent to an activating group) is 1. The fourth-order valence-corrected chi connectivity index (χ4v) is 2.18. The van der Waals surface area contributed by atoms with E-state index in [1.165, 1.54) is 0 Å². The molecule has 0 aliphatic rings. The van der Waals surface area contributed by atoms with Gasteiger partial charge in [0.15, 0.2) is 0 Å². The van der Waals surface area contributed by atoms with E-state index in [0.717, 1.165) is 29.0 Å². The van der Waals surface area contributed by atoms with Crippen molar-refractivity contribution in [3.63, 3.8) is 0 Å². The summed E-state index contributed by atoms with van der Waals surface area (Å²) in [5.74, 6) is 3.48. The first-order chi connectivity index (χ1) is 11.7. The van der Waals surface area contributed by atoms with Gasteiger partial charge in [-0.15, -0.1) is 6.42 Å². The summed E-state index contributed by atoms with van der Waals surface area (Å²) in [6, 6.07) is 18.1. The molecule has 24 heavy (non-hydrogen) atoms. The molecule has 0 radical (unpaired) electrons. The lowest BCUT2D eigenvalue weighted by Crippen LogP contribution is -2.20. The third kappa shape index (κ3) is 6.73. The maximum atomic E-state index is 5.85. The van der Waals surface area contributed by atoms with E-state index in [0.29, 0.717) is 13.2 Å². The first kappa shape index (κ1) is 19.5. The van der Waals surface area contributed by atoms with Crippen molar-refractivity contribution < 1.29 is 4.74 Å². The minimum absolute atomic E-state index is 0.563. The Labute approximate surface area is 146 Å². The van der Waals surface area contributed by atoms with Crippen LogP contribution in [0.4, 0.5) is 0 Å². The largest absolute Gasteiger partial charge is 0.489 e. The van der Waals surface area contributed by atoms with E-state index in [9.17, 15) is 0 Å². The van der Waals surface area contributed by atoms with Crippen molar-refractivity contribution in [3.05, 3.63) is 72.3 Å². The molecule has 0 fully saturated rings. The van der Waals surface area contributed by atoms with Gasteiger partial charge in [-0.3, -0.25) is 4.90 Å². The van der Waals surface area contributed by atoms with Gasteiger partial charge in [-0.25, -0.2) is 0 Å². The molecule has 2 aromatic rings. The number of rotatable bonds is 7. The smallest absolute Gasteiger partial charge is 0.120 e. The van der Waals surface area contributed by atoms with Crippen LogP contribution in [0.5, 0.6) is 5.75 Å². The third-order valence-electron chi connectivity index (χ3n) is 3.31. The molecular formula is C22H27NO. The summed E-state index contributed by atoms with van der Waals surface area (Å²) in [6.45, 7) is 10.1. The zero-order valence-electron chi connectivity index (χ0n) is 15.0.